The summed E-state index contributed by atoms with van der Waals surface area (Å²) >= 11 is 0. The Balaban J connectivity index is 1.84. The summed E-state index contributed by atoms with van der Waals surface area (Å²) in [6, 6.07) is 0. The Kier molecular flexibility index (Phi) is 1.86. The first-order valence-corrected chi connectivity index (χ1v) is 5.61. The molecule has 0 aliphatic carbocycles. The first-order chi connectivity index (χ1) is 4.91. The molecule has 60 valence electrons. The molecular weight excluding hydrogens is 150 g/mol. The lowest BCUT2D eigenvalue weighted by Crippen LogP contribution is -2.21. The molecule has 4 heteroatoms. The van der Waals surface area contributed by atoms with E-state index in [1.54, 1.807) is 0 Å². The molecular formula is C6H13NO2S. The van der Waals surface area contributed by atoms with Crippen LogP contribution in [0.4, 0.5) is 0 Å². The molecule has 0 bridgehead atoms. The van der Waals surface area contributed by atoms with Crippen molar-refractivity contribution in [1.29, 1.82) is 0 Å². The van der Waals surface area contributed by atoms with Crippen molar-refractivity contribution in [2.45, 2.75) is 12.8 Å². The van der Waals surface area contributed by atoms with Crippen molar-refractivity contribution in [2.24, 2.45) is 0 Å². The maximum absolute atomic E-state index is 5.03. The minimum absolute atomic E-state index is 0.933. The number of rotatable bonds is 0. The molecule has 2 aliphatic rings. The molecule has 1 spiro atoms. The fraction of sp³-hybridized carbons (Fsp3) is 1.00. The lowest BCUT2D eigenvalue weighted by atomic mass is 10.4. The fourth-order valence-corrected chi connectivity index (χ4v) is 3.20. The predicted octanol–water partition coefficient (Wildman–Crippen LogP) is 0.966. The summed E-state index contributed by atoms with van der Waals surface area (Å²) in [5.74, 6) is 2.28. The van der Waals surface area contributed by atoms with Crippen LogP contribution in [0.15, 0.2) is 0 Å². The zero-order chi connectivity index (χ0) is 6.86. The maximum Gasteiger partial charge on any atom is 0.0450 e. The van der Waals surface area contributed by atoms with Crippen LogP contribution < -0.4 is 5.32 Å². The van der Waals surface area contributed by atoms with Crippen molar-refractivity contribution in [2.75, 3.05) is 24.6 Å². The van der Waals surface area contributed by atoms with E-state index < -0.39 is 10.6 Å². The van der Waals surface area contributed by atoms with E-state index in [1.807, 2.05) is 0 Å². The standard InChI is InChI=1S/C6H13NO2S/c1-3-7-4-2-6-10(5-1)8-9-10/h7H,1-6H2. The summed E-state index contributed by atoms with van der Waals surface area (Å²) in [6.45, 7) is 2.25. The third-order valence-electron chi connectivity index (χ3n) is 1.88. The second-order valence-electron chi connectivity index (χ2n) is 2.75. The summed E-state index contributed by atoms with van der Waals surface area (Å²) < 4.78 is 10.1. The molecule has 0 radical (unpaired) electrons. The summed E-state index contributed by atoms with van der Waals surface area (Å²) in [5.41, 5.74) is 0. The van der Waals surface area contributed by atoms with Crippen LogP contribution in [0.25, 0.3) is 0 Å². The number of nitrogens with one attached hydrogen (secondary N) is 1. The molecule has 2 fully saturated rings. The monoisotopic (exact) mass is 163 g/mol. The highest BCUT2D eigenvalue weighted by atomic mass is 32.3. The zero-order valence-electron chi connectivity index (χ0n) is 5.97. The quantitative estimate of drug-likeness (QED) is 0.427. The van der Waals surface area contributed by atoms with Crippen LogP contribution in [0.2, 0.25) is 0 Å². The van der Waals surface area contributed by atoms with Crippen LogP contribution in [0.3, 0.4) is 0 Å². The largest absolute Gasteiger partial charge is 0.317 e. The lowest BCUT2D eigenvalue weighted by Gasteiger charge is -2.18. The minimum atomic E-state index is -0.933. The van der Waals surface area contributed by atoms with Crippen LogP contribution >= 0.6 is 10.6 Å². The number of hydrogen-bond donors (Lipinski definition) is 1. The van der Waals surface area contributed by atoms with Gasteiger partial charge >= 0.3 is 0 Å². The minimum Gasteiger partial charge on any atom is -0.317 e. The van der Waals surface area contributed by atoms with Crippen LogP contribution in [0.1, 0.15) is 12.8 Å². The molecule has 10 heavy (non-hydrogen) atoms. The highest BCUT2D eigenvalue weighted by Gasteiger charge is 2.37. The van der Waals surface area contributed by atoms with Gasteiger partial charge in [-0.1, -0.05) is 0 Å². The van der Waals surface area contributed by atoms with Gasteiger partial charge in [0.05, 0.1) is 0 Å². The molecule has 1 N–H and O–H groups in total. The second-order valence-corrected chi connectivity index (χ2v) is 5.32. The van der Waals surface area contributed by atoms with Gasteiger partial charge in [-0.05, 0) is 25.9 Å². The van der Waals surface area contributed by atoms with E-state index in [1.165, 1.54) is 12.8 Å². The molecule has 0 saturated carbocycles. The Morgan fingerprint density at radius 2 is 1.60 bits per heavy atom. The van der Waals surface area contributed by atoms with E-state index in [4.69, 9.17) is 8.67 Å². The molecule has 0 amide bonds. The lowest BCUT2D eigenvalue weighted by molar-refractivity contribution is 0.0850. The van der Waals surface area contributed by atoms with Crippen LogP contribution in [0, 0.1) is 0 Å². The second kappa shape index (κ2) is 2.70. The van der Waals surface area contributed by atoms with Crippen molar-refractivity contribution >= 4 is 10.6 Å². The highest BCUT2D eigenvalue weighted by molar-refractivity contribution is 8.29. The molecule has 2 rings (SSSR count). The Morgan fingerprint density at radius 3 is 2.10 bits per heavy atom. The molecule has 3 nitrogen and oxygen atoms in total. The molecule has 0 aromatic carbocycles. The Hall–Kier alpha value is 0.230. The van der Waals surface area contributed by atoms with Gasteiger partial charge in [0.1, 0.15) is 0 Å². The van der Waals surface area contributed by atoms with Crippen molar-refractivity contribution in [3.05, 3.63) is 0 Å². The molecule has 2 heterocycles. The molecule has 2 saturated heterocycles. The van der Waals surface area contributed by atoms with Gasteiger partial charge in [0.15, 0.2) is 0 Å². The molecule has 0 atom stereocenters. The highest BCUT2D eigenvalue weighted by Crippen LogP contribution is 2.66. The zero-order valence-corrected chi connectivity index (χ0v) is 6.78. The van der Waals surface area contributed by atoms with Crippen LogP contribution in [-0.4, -0.2) is 24.6 Å². The first kappa shape index (κ1) is 6.91. The van der Waals surface area contributed by atoms with Crippen LogP contribution in [0.5, 0.6) is 0 Å². The molecule has 2 aliphatic heterocycles. The summed E-state index contributed by atoms with van der Waals surface area (Å²) in [7, 11) is -0.933. The van der Waals surface area contributed by atoms with Gasteiger partial charge in [-0.15, -0.1) is 19.3 Å². The predicted molar refractivity (Wildman–Crippen MR) is 41.6 cm³/mol. The van der Waals surface area contributed by atoms with Gasteiger partial charge in [-0.25, -0.2) is 0 Å². The SMILES string of the molecule is C1CNCCCS2(C1)OO2. The van der Waals surface area contributed by atoms with Gasteiger partial charge in [-0.2, -0.15) is 0 Å². The van der Waals surface area contributed by atoms with E-state index in [-0.39, 0.29) is 0 Å². The van der Waals surface area contributed by atoms with Crippen molar-refractivity contribution in [3.63, 3.8) is 0 Å². The van der Waals surface area contributed by atoms with E-state index >= 15 is 0 Å². The summed E-state index contributed by atoms with van der Waals surface area (Å²) in [6.07, 6.45) is 2.41. The first-order valence-electron chi connectivity index (χ1n) is 3.78. The molecule has 0 aromatic heterocycles. The average Bonchev–Trinajstić information content (AvgIpc) is 2.61. The molecule has 0 unspecified atom stereocenters. The van der Waals surface area contributed by atoms with Gasteiger partial charge in [0, 0.05) is 11.5 Å². The number of hydrogen-bond acceptors (Lipinski definition) is 3. The van der Waals surface area contributed by atoms with Gasteiger partial charge in [0.25, 0.3) is 0 Å². The van der Waals surface area contributed by atoms with Gasteiger partial charge in [0.2, 0.25) is 0 Å². The third-order valence-corrected chi connectivity index (χ3v) is 4.22. The molecule has 0 aromatic rings. The fourth-order valence-electron chi connectivity index (χ4n) is 1.24. The average molecular weight is 163 g/mol. The summed E-state index contributed by atoms with van der Waals surface area (Å²) in [4.78, 5) is 0. The summed E-state index contributed by atoms with van der Waals surface area (Å²) in [5, 5.41) is 3.36. The van der Waals surface area contributed by atoms with E-state index in [9.17, 15) is 0 Å². The Morgan fingerprint density at radius 1 is 1.00 bits per heavy atom. The van der Waals surface area contributed by atoms with Gasteiger partial charge in [-0.3, -0.25) is 0 Å². The van der Waals surface area contributed by atoms with Crippen molar-refractivity contribution < 1.29 is 8.67 Å². The normalized spacial score (nSPS) is 34.4. The van der Waals surface area contributed by atoms with E-state index in [0.717, 1.165) is 24.6 Å². The Labute approximate surface area is 62.7 Å². The van der Waals surface area contributed by atoms with E-state index in [2.05, 4.69) is 5.32 Å². The van der Waals surface area contributed by atoms with Crippen LogP contribution in [-0.2, 0) is 8.67 Å². The van der Waals surface area contributed by atoms with Crippen molar-refractivity contribution in [1.82, 2.24) is 5.32 Å². The van der Waals surface area contributed by atoms with E-state index in [0.29, 0.717) is 0 Å². The smallest absolute Gasteiger partial charge is 0.0450 e. The van der Waals surface area contributed by atoms with Gasteiger partial charge < -0.3 is 5.32 Å². The Bertz CT molecular complexity index is 117. The topological polar surface area (TPSA) is 37.1 Å². The van der Waals surface area contributed by atoms with Crippen molar-refractivity contribution in [3.8, 4) is 0 Å². The third kappa shape index (κ3) is 1.45. The maximum atomic E-state index is 5.03.